The number of hydrogen-bond donors (Lipinski definition) is 0. The van der Waals surface area contributed by atoms with E-state index in [4.69, 9.17) is 0 Å². The van der Waals surface area contributed by atoms with Crippen LogP contribution in [-0.2, 0) is 20.2 Å². The van der Waals surface area contributed by atoms with Crippen LogP contribution < -0.4 is 8.37 Å². The van der Waals surface area contributed by atoms with Crippen LogP contribution in [0.25, 0.3) is 11.4 Å². The van der Waals surface area contributed by atoms with E-state index in [9.17, 15) is 43.2 Å². The molecule has 2 heterocycles. The molecule has 0 bridgehead atoms. The Labute approximate surface area is 165 Å². The summed E-state index contributed by atoms with van der Waals surface area (Å²) in [5.74, 6) is -2.13. The van der Waals surface area contributed by atoms with Gasteiger partial charge in [0.05, 0.1) is 0 Å². The lowest BCUT2D eigenvalue weighted by Gasteiger charge is -2.16. The largest absolute Gasteiger partial charge is 0.534 e. The number of aromatic nitrogens is 2. The standard InChI is InChI=1S/C14H10F6N2O6S2/c1-7-3-5-9(27-29(23,24)13(15,16)17)11(21-7)12-10(6-4-8(2)22-12)28-30(25,26)14(18,19)20/h3-6H,1-2H3. The predicted molar refractivity (Wildman–Crippen MR) is 88.1 cm³/mol. The number of halogens is 6. The molecule has 16 heteroatoms. The number of alkyl halides is 6. The van der Waals surface area contributed by atoms with Crippen LogP contribution in [0, 0.1) is 13.8 Å². The SMILES string of the molecule is Cc1ccc(OS(=O)(=O)C(F)(F)F)c(-c2nc(C)ccc2OS(=O)(=O)C(F)(F)F)n1. The average molecular weight is 480 g/mol. The Bertz CT molecular complexity index is 1080. The Hall–Kier alpha value is -2.62. The first-order valence-electron chi connectivity index (χ1n) is 7.42. The molecule has 0 radical (unpaired) electrons. The van der Waals surface area contributed by atoms with Gasteiger partial charge in [-0.25, -0.2) is 9.97 Å². The van der Waals surface area contributed by atoms with Gasteiger partial charge in [-0.2, -0.15) is 43.2 Å². The fourth-order valence-electron chi connectivity index (χ4n) is 1.89. The molecule has 0 unspecified atom stereocenters. The molecule has 0 amide bonds. The number of hydrogen-bond acceptors (Lipinski definition) is 8. The lowest BCUT2D eigenvalue weighted by molar-refractivity contribution is -0.0505. The summed E-state index contributed by atoms with van der Waals surface area (Å²) >= 11 is 0. The van der Waals surface area contributed by atoms with Gasteiger partial charge in [-0.3, -0.25) is 0 Å². The maximum atomic E-state index is 12.7. The quantitative estimate of drug-likeness (QED) is 0.364. The van der Waals surface area contributed by atoms with Crippen LogP contribution >= 0.6 is 0 Å². The van der Waals surface area contributed by atoms with Crippen LogP contribution in [0.4, 0.5) is 26.3 Å². The summed E-state index contributed by atoms with van der Waals surface area (Å²) in [5, 5.41) is 0. The third-order valence-electron chi connectivity index (χ3n) is 3.19. The van der Waals surface area contributed by atoms with Gasteiger partial charge < -0.3 is 8.37 Å². The highest BCUT2D eigenvalue weighted by molar-refractivity contribution is 7.88. The second-order valence-corrected chi connectivity index (χ2v) is 8.64. The first-order valence-corrected chi connectivity index (χ1v) is 10.2. The van der Waals surface area contributed by atoms with Crippen LogP contribution in [0.2, 0.25) is 0 Å². The van der Waals surface area contributed by atoms with E-state index in [0.717, 1.165) is 24.3 Å². The monoisotopic (exact) mass is 480 g/mol. The minimum Gasteiger partial charge on any atom is -0.374 e. The van der Waals surface area contributed by atoms with Gasteiger partial charge in [-0.15, -0.1) is 0 Å². The Morgan fingerprint density at radius 3 is 1.23 bits per heavy atom. The molecule has 0 aliphatic rings. The van der Waals surface area contributed by atoms with Gasteiger partial charge in [0.2, 0.25) is 0 Å². The van der Waals surface area contributed by atoms with Crippen molar-refractivity contribution >= 4 is 20.2 Å². The number of nitrogens with zero attached hydrogens (tertiary/aromatic N) is 2. The molecule has 0 atom stereocenters. The van der Waals surface area contributed by atoms with Gasteiger partial charge in [0.25, 0.3) is 0 Å². The Balaban J connectivity index is 2.71. The summed E-state index contributed by atoms with van der Waals surface area (Å²) in [4.78, 5) is 7.46. The molecule has 2 aromatic heterocycles. The van der Waals surface area contributed by atoms with Crippen molar-refractivity contribution < 1.29 is 51.5 Å². The lowest BCUT2D eigenvalue weighted by atomic mass is 10.2. The summed E-state index contributed by atoms with van der Waals surface area (Å²) in [6.07, 6.45) is 0. The highest BCUT2D eigenvalue weighted by Gasteiger charge is 2.50. The van der Waals surface area contributed by atoms with Gasteiger partial charge in [0.15, 0.2) is 11.5 Å². The first-order chi connectivity index (χ1) is 13.4. The van der Waals surface area contributed by atoms with E-state index in [1.807, 2.05) is 0 Å². The molecule has 0 spiro atoms. The number of pyridine rings is 2. The van der Waals surface area contributed by atoms with Crippen LogP contribution in [0.5, 0.6) is 11.5 Å². The van der Waals surface area contributed by atoms with Crippen LogP contribution in [0.15, 0.2) is 24.3 Å². The number of aryl methyl sites for hydroxylation is 2. The normalized spacial score (nSPS) is 13.2. The zero-order valence-corrected chi connectivity index (χ0v) is 16.4. The third-order valence-corrected chi connectivity index (χ3v) is 5.12. The molecule has 0 aliphatic heterocycles. The van der Waals surface area contributed by atoms with Crippen molar-refractivity contribution in [2.24, 2.45) is 0 Å². The fraction of sp³-hybridized carbons (Fsp3) is 0.286. The smallest absolute Gasteiger partial charge is 0.374 e. The van der Waals surface area contributed by atoms with E-state index in [0.29, 0.717) is 0 Å². The Morgan fingerprint density at radius 2 is 0.967 bits per heavy atom. The van der Waals surface area contributed by atoms with Crippen molar-refractivity contribution in [1.29, 1.82) is 0 Å². The molecule has 2 rings (SSSR count). The van der Waals surface area contributed by atoms with Gasteiger partial charge >= 0.3 is 31.3 Å². The fourth-order valence-corrected chi connectivity index (χ4v) is 2.82. The maximum Gasteiger partial charge on any atom is 0.534 e. The van der Waals surface area contributed by atoms with E-state index < -0.39 is 54.1 Å². The van der Waals surface area contributed by atoms with Gasteiger partial charge in [-0.1, -0.05) is 0 Å². The van der Waals surface area contributed by atoms with E-state index in [1.165, 1.54) is 13.8 Å². The van der Waals surface area contributed by atoms with E-state index >= 15 is 0 Å². The predicted octanol–water partition coefficient (Wildman–Crippen LogP) is 3.22. The summed E-state index contributed by atoms with van der Waals surface area (Å²) in [7, 11) is -12.4. The van der Waals surface area contributed by atoms with E-state index in [1.54, 1.807) is 0 Å². The second kappa shape index (κ2) is 7.57. The molecule has 0 aromatic carbocycles. The summed E-state index contributed by atoms with van der Waals surface area (Å²) in [6, 6.07) is 3.58. The highest BCUT2D eigenvalue weighted by atomic mass is 32.2. The molecule has 0 fully saturated rings. The van der Waals surface area contributed by atoms with Crippen LogP contribution in [0.1, 0.15) is 11.4 Å². The summed E-state index contributed by atoms with van der Waals surface area (Å²) in [6.45, 7) is 2.63. The molecule has 30 heavy (non-hydrogen) atoms. The summed E-state index contributed by atoms with van der Waals surface area (Å²) in [5.41, 5.74) is -13.1. The van der Waals surface area contributed by atoms with Gasteiger partial charge in [0, 0.05) is 11.4 Å². The zero-order chi connectivity index (χ0) is 23.1. The van der Waals surface area contributed by atoms with Crippen molar-refractivity contribution in [3.05, 3.63) is 35.7 Å². The minimum atomic E-state index is -6.18. The number of rotatable bonds is 5. The first kappa shape index (κ1) is 23.7. The van der Waals surface area contributed by atoms with E-state index in [2.05, 4.69) is 18.3 Å². The van der Waals surface area contributed by atoms with Crippen molar-refractivity contribution in [2.75, 3.05) is 0 Å². The van der Waals surface area contributed by atoms with Gasteiger partial charge in [0.1, 0.15) is 11.4 Å². The van der Waals surface area contributed by atoms with Crippen LogP contribution in [0.3, 0.4) is 0 Å². The molecule has 2 aromatic rings. The Morgan fingerprint density at radius 1 is 0.667 bits per heavy atom. The van der Waals surface area contributed by atoms with Crippen molar-refractivity contribution in [3.63, 3.8) is 0 Å². The lowest BCUT2D eigenvalue weighted by Crippen LogP contribution is -2.29. The minimum absolute atomic E-state index is 0.0645. The van der Waals surface area contributed by atoms with Crippen molar-refractivity contribution in [1.82, 2.24) is 9.97 Å². The molecule has 0 saturated carbocycles. The van der Waals surface area contributed by atoms with Crippen molar-refractivity contribution in [3.8, 4) is 22.9 Å². The molecule has 166 valence electrons. The van der Waals surface area contributed by atoms with Gasteiger partial charge in [-0.05, 0) is 38.1 Å². The summed E-state index contributed by atoms with van der Waals surface area (Å²) < 4.78 is 129. The molecular formula is C14H10F6N2O6S2. The topological polar surface area (TPSA) is 113 Å². The highest BCUT2D eigenvalue weighted by Crippen LogP contribution is 2.38. The third kappa shape index (κ3) is 4.92. The van der Waals surface area contributed by atoms with Crippen LogP contribution in [-0.4, -0.2) is 37.8 Å². The Kier molecular flexibility index (Phi) is 5.97. The van der Waals surface area contributed by atoms with Crippen molar-refractivity contribution in [2.45, 2.75) is 24.9 Å². The zero-order valence-electron chi connectivity index (χ0n) is 14.7. The maximum absolute atomic E-state index is 12.7. The molecule has 0 N–H and O–H groups in total. The molecule has 8 nitrogen and oxygen atoms in total. The molecule has 0 saturated heterocycles. The second-order valence-electron chi connectivity index (χ2n) is 5.57. The van der Waals surface area contributed by atoms with E-state index in [-0.39, 0.29) is 11.4 Å². The molecule has 0 aliphatic carbocycles. The molecular weight excluding hydrogens is 470 g/mol. The average Bonchev–Trinajstić information content (AvgIpc) is 2.55.